The van der Waals surface area contributed by atoms with E-state index in [1.54, 1.807) is 25.1 Å². The zero-order valence-corrected chi connectivity index (χ0v) is 16.1. The lowest BCUT2D eigenvalue weighted by atomic mass is 10.1. The van der Waals surface area contributed by atoms with Gasteiger partial charge in [0, 0.05) is 36.1 Å². The minimum absolute atomic E-state index is 0.135. The van der Waals surface area contributed by atoms with Crippen LogP contribution in [0.4, 0.5) is 20.2 Å². The zero-order valence-electron chi connectivity index (χ0n) is 16.1. The molecule has 0 spiro atoms. The van der Waals surface area contributed by atoms with Gasteiger partial charge < -0.3 is 20.9 Å². The number of benzene rings is 2. The molecule has 3 N–H and O–H groups in total. The van der Waals surface area contributed by atoms with Gasteiger partial charge in [-0.25, -0.2) is 8.78 Å². The molecule has 8 heteroatoms. The number of nitrogens with one attached hydrogen (secondary N) is 3. The third-order valence-electron chi connectivity index (χ3n) is 4.07. The first-order valence-corrected chi connectivity index (χ1v) is 8.79. The van der Waals surface area contributed by atoms with Gasteiger partial charge in [-0.15, -0.1) is 0 Å². The highest BCUT2D eigenvalue weighted by atomic mass is 19.2. The van der Waals surface area contributed by atoms with Crippen LogP contribution in [-0.2, 0) is 4.79 Å². The predicted octanol–water partition coefficient (Wildman–Crippen LogP) is 2.62. The van der Waals surface area contributed by atoms with E-state index in [2.05, 4.69) is 16.0 Å². The minimum atomic E-state index is -0.991. The molecule has 0 bridgehead atoms. The molecule has 2 aromatic rings. The molecule has 0 atom stereocenters. The molecule has 0 aromatic heterocycles. The van der Waals surface area contributed by atoms with Crippen LogP contribution in [-0.4, -0.2) is 50.4 Å². The molecule has 2 rings (SSSR count). The molecule has 0 fully saturated rings. The van der Waals surface area contributed by atoms with Gasteiger partial charge in [0.2, 0.25) is 5.91 Å². The summed E-state index contributed by atoms with van der Waals surface area (Å²) >= 11 is 0. The number of carbonyl (C=O) groups is 2. The van der Waals surface area contributed by atoms with Crippen molar-refractivity contribution in [3.63, 3.8) is 0 Å². The van der Waals surface area contributed by atoms with Gasteiger partial charge in [0.15, 0.2) is 11.6 Å². The minimum Gasteiger partial charge on any atom is -0.376 e. The van der Waals surface area contributed by atoms with Crippen LogP contribution in [0.15, 0.2) is 36.4 Å². The topological polar surface area (TPSA) is 73.5 Å². The maximum atomic E-state index is 13.2. The van der Waals surface area contributed by atoms with Crippen LogP contribution in [0, 0.1) is 18.6 Å². The molecule has 0 aliphatic carbocycles. The quantitative estimate of drug-likeness (QED) is 0.648. The second-order valence-electron chi connectivity index (χ2n) is 6.57. The molecular weight excluding hydrogens is 366 g/mol. The van der Waals surface area contributed by atoms with Gasteiger partial charge in [0.05, 0.1) is 6.54 Å². The van der Waals surface area contributed by atoms with Crippen molar-refractivity contribution in [1.82, 2.24) is 10.2 Å². The van der Waals surface area contributed by atoms with Crippen molar-refractivity contribution in [3.05, 3.63) is 59.2 Å². The average Bonchev–Trinajstić information content (AvgIpc) is 2.64. The number of halogens is 2. The molecule has 0 saturated heterocycles. The molecule has 0 aliphatic rings. The van der Waals surface area contributed by atoms with Gasteiger partial charge in [-0.05, 0) is 50.8 Å². The Bertz CT molecular complexity index is 856. The Morgan fingerprint density at radius 3 is 2.50 bits per heavy atom. The van der Waals surface area contributed by atoms with Crippen LogP contribution in [0.5, 0.6) is 0 Å². The summed E-state index contributed by atoms with van der Waals surface area (Å²) in [5.41, 5.74) is 1.92. The zero-order chi connectivity index (χ0) is 20.7. The molecule has 0 aliphatic heterocycles. The highest BCUT2D eigenvalue weighted by Crippen LogP contribution is 2.19. The van der Waals surface area contributed by atoms with Gasteiger partial charge in [0.25, 0.3) is 5.91 Å². The highest BCUT2D eigenvalue weighted by Gasteiger charge is 2.13. The van der Waals surface area contributed by atoms with E-state index < -0.39 is 11.6 Å². The first-order valence-electron chi connectivity index (χ1n) is 8.79. The first-order chi connectivity index (χ1) is 13.3. The van der Waals surface area contributed by atoms with Crippen molar-refractivity contribution in [1.29, 1.82) is 0 Å². The molecule has 2 aromatic carbocycles. The van der Waals surface area contributed by atoms with Gasteiger partial charge in [-0.3, -0.25) is 9.59 Å². The van der Waals surface area contributed by atoms with Gasteiger partial charge in [-0.1, -0.05) is 6.07 Å². The summed E-state index contributed by atoms with van der Waals surface area (Å²) in [6, 6.07) is 8.38. The second-order valence-corrected chi connectivity index (χ2v) is 6.57. The molecule has 6 nitrogen and oxygen atoms in total. The Morgan fingerprint density at radius 2 is 1.82 bits per heavy atom. The van der Waals surface area contributed by atoms with Crippen molar-refractivity contribution in [2.45, 2.75) is 6.92 Å². The molecule has 150 valence electrons. The molecular formula is C20H24F2N4O2. The second kappa shape index (κ2) is 9.80. The van der Waals surface area contributed by atoms with E-state index in [0.29, 0.717) is 29.0 Å². The summed E-state index contributed by atoms with van der Waals surface area (Å²) in [4.78, 5) is 26.5. The standard InChI is InChI=1S/C20H24F2N4O2/c1-13-15(20(28)23-9-10-26(2)3)5-4-6-18(13)25-19(27)12-24-14-7-8-16(21)17(22)11-14/h4-8,11,24H,9-10,12H2,1-3H3,(H,23,28)(H,25,27). The number of anilines is 2. The molecule has 0 radical (unpaired) electrons. The fourth-order valence-corrected chi connectivity index (χ4v) is 2.49. The van der Waals surface area contributed by atoms with E-state index in [1.165, 1.54) is 6.07 Å². The summed E-state index contributed by atoms with van der Waals surface area (Å²) in [6.45, 7) is 2.85. The number of hydrogen-bond donors (Lipinski definition) is 3. The lowest BCUT2D eigenvalue weighted by molar-refractivity contribution is -0.114. The number of likely N-dealkylation sites (N-methyl/N-ethyl adjacent to an activating group) is 1. The van der Waals surface area contributed by atoms with Crippen LogP contribution in [0.3, 0.4) is 0 Å². The van der Waals surface area contributed by atoms with Gasteiger partial charge >= 0.3 is 0 Å². The summed E-state index contributed by atoms with van der Waals surface area (Å²) in [5, 5.41) is 8.28. The van der Waals surface area contributed by atoms with Crippen molar-refractivity contribution >= 4 is 23.2 Å². The van der Waals surface area contributed by atoms with Crippen molar-refractivity contribution < 1.29 is 18.4 Å². The van der Waals surface area contributed by atoms with Crippen LogP contribution < -0.4 is 16.0 Å². The SMILES string of the molecule is Cc1c(NC(=O)CNc2ccc(F)c(F)c2)cccc1C(=O)NCCN(C)C. The normalized spacial score (nSPS) is 10.6. The highest BCUT2D eigenvalue weighted by molar-refractivity contribution is 6.00. The number of amides is 2. The van der Waals surface area contributed by atoms with Crippen molar-refractivity contribution in [3.8, 4) is 0 Å². The fraction of sp³-hybridized carbons (Fsp3) is 0.300. The predicted molar refractivity (Wildman–Crippen MR) is 106 cm³/mol. The number of nitrogens with zero attached hydrogens (tertiary/aromatic N) is 1. The van der Waals surface area contributed by atoms with Gasteiger partial charge in [0.1, 0.15) is 0 Å². The van der Waals surface area contributed by atoms with E-state index >= 15 is 0 Å². The summed E-state index contributed by atoms with van der Waals surface area (Å²) in [6.07, 6.45) is 0. The van der Waals surface area contributed by atoms with E-state index in [9.17, 15) is 18.4 Å². The van der Waals surface area contributed by atoms with E-state index in [-0.39, 0.29) is 18.4 Å². The lowest BCUT2D eigenvalue weighted by Gasteiger charge is -2.14. The third kappa shape index (κ3) is 6.02. The molecule has 0 saturated carbocycles. The van der Waals surface area contributed by atoms with E-state index in [4.69, 9.17) is 0 Å². The molecule has 0 unspecified atom stereocenters. The van der Waals surface area contributed by atoms with Crippen LogP contribution in [0.1, 0.15) is 15.9 Å². The van der Waals surface area contributed by atoms with E-state index in [1.807, 2.05) is 19.0 Å². The van der Waals surface area contributed by atoms with Gasteiger partial charge in [-0.2, -0.15) is 0 Å². The summed E-state index contributed by atoms with van der Waals surface area (Å²) in [7, 11) is 3.84. The maximum absolute atomic E-state index is 13.2. The molecule has 0 heterocycles. The Balaban J connectivity index is 1.96. The molecule has 28 heavy (non-hydrogen) atoms. The Morgan fingerprint density at radius 1 is 1.07 bits per heavy atom. The number of hydrogen-bond acceptors (Lipinski definition) is 4. The average molecular weight is 390 g/mol. The smallest absolute Gasteiger partial charge is 0.251 e. The summed E-state index contributed by atoms with van der Waals surface area (Å²) < 4.78 is 26.1. The van der Waals surface area contributed by atoms with E-state index in [0.717, 1.165) is 18.7 Å². The number of rotatable bonds is 8. The first kappa shape index (κ1) is 21.3. The fourth-order valence-electron chi connectivity index (χ4n) is 2.49. The van der Waals surface area contributed by atoms with Crippen molar-refractivity contribution in [2.24, 2.45) is 0 Å². The monoisotopic (exact) mass is 390 g/mol. The number of carbonyl (C=O) groups excluding carboxylic acids is 2. The van der Waals surface area contributed by atoms with Crippen LogP contribution >= 0.6 is 0 Å². The maximum Gasteiger partial charge on any atom is 0.251 e. The lowest BCUT2D eigenvalue weighted by Crippen LogP contribution is -2.32. The molecule has 2 amide bonds. The van der Waals surface area contributed by atoms with Crippen LogP contribution in [0.2, 0.25) is 0 Å². The Labute approximate surface area is 162 Å². The third-order valence-corrected chi connectivity index (χ3v) is 4.07. The van der Waals surface area contributed by atoms with Crippen molar-refractivity contribution in [2.75, 3.05) is 44.4 Å². The largest absolute Gasteiger partial charge is 0.376 e. The Hall–Kier alpha value is -3.00. The Kier molecular flexibility index (Phi) is 7.45. The van der Waals surface area contributed by atoms with Crippen LogP contribution in [0.25, 0.3) is 0 Å². The summed E-state index contributed by atoms with van der Waals surface area (Å²) in [5.74, 6) is -2.53.